The molecule has 1 unspecified atom stereocenters. The van der Waals surface area contributed by atoms with Crippen LogP contribution in [0, 0.1) is 4.91 Å². The first-order valence-corrected chi connectivity index (χ1v) is 9.44. The van der Waals surface area contributed by atoms with Crippen LogP contribution in [0.15, 0.2) is 11.5 Å². The minimum atomic E-state index is -0.686. The lowest BCUT2D eigenvalue weighted by molar-refractivity contribution is -0.140. The van der Waals surface area contributed by atoms with Crippen molar-refractivity contribution in [3.05, 3.63) is 22.6 Å². The van der Waals surface area contributed by atoms with Crippen LogP contribution in [0.4, 0.5) is 0 Å². The van der Waals surface area contributed by atoms with Gasteiger partial charge in [0.25, 0.3) is 0 Å². The number of H-pyrrole nitrogens is 1. The minimum Gasteiger partial charge on any atom is -0.344 e. The highest BCUT2D eigenvalue weighted by Gasteiger charge is 2.40. The van der Waals surface area contributed by atoms with E-state index in [1.54, 1.807) is 0 Å². The second kappa shape index (κ2) is 7.64. The molecule has 6 heteroatoms. The van der Waals surface area contributed by atoms with Crippen molar-refractivity contribution in [2.75, 3.05) is 6.54 Å². The molecule has 1 aromatic rings. The molecule has 1 aliphatic carbocycles. The number of nitrogens with one attached hydrogen (secondary N) is 1. The molecular formula is C18H30N4O2. The van der Waals surface area contributed by atoms with E-state index in [-0.39, 0.29) is 6.04 Å². The highest BCUT2D eigenvalue weighted by atomic mass is 16.7. The molecule has 0 aromatic carbocycles. The van der Waals surface area contributed by atoms with E-state index in [4.69, 9.17) is 9.82 Å². The third-order valence-corrected chi connectivity index (χ3v) is 5.67. The Morgan fingerprint density at radius 1 is 1.17 bits per heavy atom. The number of aromatic amines is 1. The molecule has 3 rings (SSSR count). The molecule has 1 aromatic heterocycles. The molecule has 134 valence electrons. The van der Waals surface area contributed by atoms with Crippen LogP contribution in [0.1, 0.15) is 95.1 Å². The van der Waals surface area contributed by atoms with E-state index >= 15 is 0 Å². The van der Waals surface area contributed by atoms with Gasteiger partial charge < -0.3 is 9.82 Å². The number of likely N-dealkylation sites (tertiary alicyclic amines) is 1. The second-order valence-electron chi connectivity index (χ2n) is 7.73. The summed E-state index contributed by atoms with van der Waals surface area (Å²) >= 11 is 0. The average Bonchev–Trinajstić information content (AvgIpc) is 3.16. The lowest BCUT2D eigenvalue weighted by Gasteiger charge is -2.35. The molecule has 1 saturated heterocycles. The number of rotatable bonds is 5. The summed E-state index contributed by atoms with van der Waals surface area (Å²) in [5.41, 5.74) is 0.459. The van der Waals surface area contributed by atoms with Crippen molar-refractivity contribution in [1.29, 1.82) is 0 Å². The van der Waals surface area contributed by atoms with E-state index in [2.05, 4.69) is 15.2 Å². The van der Waals surface area contributed by atoms with Crippen LogP contribution in [0.3, 0.4) is 0 Å². The molecule has 1 N–H and O–H groups in total. The molecule has 1 saturated carbocycles. The number of hydrogen-bond donors (Lipinski definition) is 1. The molecule has 1 atom stereocenters. The Kier molecular flexibility index (Phi) is 5.54. The first-order valence-electron chi connectivity index (χ1n) is 9.44. The van der Waals surface area contributed by atoms with Gasteiger partial charge in [-0.2, -0.15) is 0 Å². The van der Waals surface area contributed by atoms with Gasteiger partial charge in [0.2, 0.25) is 0 Å². The minimum absolute atomic E-state index is 0.219. The number of nitrogens with zero attached hydrogens (tertiary/aromatic N) is 3. The zero-order valence-electron chi connectivity index (χ0n) is 15.0. The molecule has 24 heavy (non-hydrogen) atoms. The van der Waals surface area contributed by atoms with Crippen molar-refractivity contribution in [2.24, 2.45) is 5.34 Å². The fourth-order valence-electron chi connectivity index (χ4n) is 4.34. The second-order valence-corrected chi connectivity index (χ2v) is 7.73. The topological polar surface area (TPSA) is 70.6 Å². The van der Waals surface area contributed by atoms with Gasteiger partial charge in [-0.3, -0.25) is 4.90 Å². The zero-order valence-corrected chi connectivity index (χ0v) is 15.0. The molecule has 0 bridgehead atoms. The van der Waals surface area contributed by atoms with Crippen molar-refractivity contribution >= 4 is 0 Å². The number of aromatic nitrogens is 2. The molecule has 6 nitrogen and oxygen atoms in total. The van der Waals surface area contributed by atoms with Gasteiger partial charge in [0.1, 0.15) is 5.82 Å². The molecule has 1 aliphatic heterocycles. The first-order chi connectivity index (χ1) is 11.6. The predicted molar refractivity (Wildman–Crippen MR) is 93.3 cm³/mol. The number of hydrogen-bond acceptors (Lipinski definition) is 5. The summed E-state index contributed by atoms with van der Waals surface area (Å²) in [6.45, 7) is 4.71. The Hall–Kier alpha value is -1.43. The van der Waals surface area contributed by atoms with Gasteiger partial charge in [-0.25, -0.2) is 4.98 Å². The van der Waals surface area contributed by atoms with Crippen molar-refractivity contribution in [2.45, 2.75) is 89.3 Å². The van der Waals surface area contributed by atoms with E-state index in [1.165, 1.54) is 44.9 Å². The third-order valence-electron chi connectivity index (χ3n) is 5.67. The fourth-order valence-corrected chi connectivity index (χ4v) is 4.34. The van der Waals surface area contributed by atoms with Crippen LogP contribution >= 0.6 is 0 Å². The zero-order chi connectivity index (χ0) is 17.0. The van der Waals surface area contributed by atoms with Gasteiger partial charge in [0.15, 0.2) is 11.1 Å². The van der Waals surface area contributed by atoms with Gasteiger partial charge in [-0.1, -0.05) is 32.1 Å². The van der Waals surface area contributed by atoms with Crippen LogP contribution in [-0.2, 0) is 4.84 Å². The predicted octanol–water partition coefficient (Wildman–Crippen LogP) is 4.81. The van der Waals surface area contributed by atoms with Crippen LogP contribution in [0.2, 0.25) is 0 Å². The molecule has 0 spiro atoms. The smallest absolute Gasteiger partial charge is 0.189 e. The fraction of sp³-hybridized carbons (Fsp3) is 0.833. The maximum absolute atomic E-state index is 10.6. The summed E-state index contributed by atoms with van der Waals surface area (Å²) in [6.07, 6.45) is 13.3. The van der Waals surface area contributed by atoms with E-state index in [9.17, 15) is 4.91 Å². The lowest BCUT2D eigenvalue weighted by Crippen LogP contribution is -2.44. The Morgan fingerprint density at radius 3 is 2.58 bits per heavy atom. The van der Waals surface area contributed by atoms with Crippen LogP contribution in [-0.4, -0.2) is 27.1 Å². The highest BCUT2D eigenvalue weighted by molar-refractivity contribution is 5.12. The molecule has 2 fully saturated rings. The van der Waals surface area contributed by atoms with E-state index in [0.717, 1.165) is 30.9 Å². The SMILES string of the molecule is CC(C)(ON=O)N1CCCC1c1cnc(C2CCCCCCC2)[nH]1. The summed E-state index contributed by atoms with van der Waals surface area (Å²) in [7, 11) is 0. The standard InChI is InChI=1S/C18H30N4O2/c1-18(2,24-21-23)22-12-8-11-16(22)15-13-19-17(20-15)14-9-6-4-3-5-7-10-14/h13-14,16H,3-12H2,1-2H3,(H,19,20). The van der Waals surface area contributed by atoms with Crippen molar-refractivity contribution < 1.29 is 4.84 Å². The Balaban J connectivity index is 1.73. The van der Waals surface area contributed by atoms with Crippen LogP contribution < -0.4 is 0 Å². The summed E-state index contributed by atoms with van der Waals surface area (Å²) in [5.74, 6) is 1.71. The maximum atomic E-state index is 10.6. The monoisotopic (exact) mass is 334 g/mol. The molecular weight excluding hydrogens is 304 g/mol. The Labute approximate surface area is 144 Å². The molecule has 2 aliphatic rings. The summed E-state index contributed by atoms with van der Waals surface area (Å²) in [5, 5.41) is 2.66. The Bertz CT molecular complexity index is 535. The van der Waals surface area contributed by atoms with Gasteiger partial charge >= 0.3 is 0 Å². The van der Waals surface area contributed by atoms with Crippen molar-refractivity contribution in [3.8, 4) is 0 Å². The molecule has 0 amide bonds. The van der Waals surface area contributed by atoms with Crippen LogP contribution in [0.5, 0.6) is 0 Å². The largest absolute Gasteiger partial charge is 0.344 e. The van der Waals surface area contributed by atoms with Gasteiger partial charge in [0, 0.05) is 18.7 Å². The summed E-state index contributed by atoms with van der Waals surface area (Å²) < 4.78 is 0. The quantitative estimate of drug-likeness (QED) is 0.619. The van der Waals surface area contributed by atoms with E-state index in [0.29, 0.717) is 5.92 Å². The van der Waals surface area contributed by atoms with Crippen molar-refractivity contribution in [1.82, 2.24) is 14.9 Å². The van der Waals surface area contributed by atoms with Gasteiger partial charge in [0.05, 0.1) is 11.7 Å². The third kappa shape index (κ3) is 3.79. The normalized spacial score (nSPS) is 24.5. The molecule has 0 radical (unpaired) electrons. The van der Waals surface area contributed by atoms with Crippen molar-refractivity contribution in [3.63, 3.8) is 0 Å². The summed E-state index contributed by atoms with van der Waals surface area (Å²) in [4.78, 5) is 26.2. The molecule has 2 heterocycles. The highest BCUT2D eigenvalue weighted by Crippen LogP contribution is 2.38. The van der Waals surface area contributed by atoms with E-state index in [1.807, 2.05) is 20.0 Å². The van der Waals surface area contributed by atoms with E-state index < -0.39 is 5.72 Å². The Morgan fingerprint density at radius 2 is 1.88 bits per heavy atom. The van der Waals surface area contributed by atoms with Crippen LogP contribution in [0.25, 0.3) is 0 Å². The number of imidazole rings is 1. The lowest BCUT2D eigenvalue weighted by atomic mass is 9.91. The van der Waals surface area contributed by atoms with Gasteiger partial charge in [-0.05, 0) is 39.5 Å². The maximum Gasteiger partial charge on any atom is 0.189 e. The summed E-state index contributed by atoms with van der Waals surface area (Å²) in [6, 6.07) is 0.219. The average molecular weight is 334 g/mol. The first kappa shape index (κ1) is 17.4. The van der Waals surface area contributed by atoms with Gasteiger partial charge in [-0.15, -0.1) is 4.91 Å².